The van der Waals surface area contributed by atoms with E-state index in [2.05, 4.69) is 20.8 Å². The Balaban J connectivity index is 1.72. The predicted octanol–water partition coefficient (Wildman–Crippen LogP) is 2.84. The SMILES string of the molecule is CCNC(=O)OC1C(Cc2cc(C(C)(C)C)no2)OC(CO)C(O)C1n1cc(-c2ccc(C)c(F)c2F)nn1. The zero-order valence-electron chi connectivity index (χ0n) is 22.4. The van der Waals surface area contributed by atoms with Crippen molar-refractivity contribution in [1.82, 2.24) is 25.5 Å². The number of benzene rings is 1. The van der Waals surface area contributed by atoms with Crippen molar-refractivity contribution < 1.29 is 37.8 Å². The number of aromatic nitrogens is 4. The second kappa shape index (κ2) is 11.4. The topological polar surface area (TPSA) is 145 Å². The van der Waals surface area contributed by atoms with Crippen LogP contribution in [0.5, 0.6) is 0 Å². The Morgan fingerprint density at radius 3 is 2.62 bits per heavy atom. The molecule has 2 aromatic heterocycles. The molecule has 5 unspecified atom stereocenters. The molecule has 0 saturated carbocycles. The van der Waals surface area contributed by atoms with E-state index in [4.69, 9.17) is 14.0 Å². The van der Waals surface area contributed by atoms with E-state index in [1.807, 2.05) is 20.8 Å². The lowest BCUT2D eigenvalue weighted by Gasteiger charge is -2.43. The zero-order valence-corrected chi connectivity index (χ0v) is 22.4. The molecular formula is C26H33F2N5O6. The molecule has 1 aliphatic heterocycles. The fourth-order valence-corrected chi connectivity index (χ4v) is 4.44. The van der Waals surface area contributed by atoms with Crippen LogP contribution in [-0.2, 0) is 21.3 Å². The Hall–Kier alpha value is -3.42. The maximum atomic E-state index is 14.7. The number of nitrogens with one attached hydrogen (secondary N) is 1. The second-order valence-electron chi connectivity index (χ2n) is 10.6. The van der Waals surface area contributed by atoms with Crippen LogP contribution in [0.3, 0.4) is 0 Å². The first kappa shape index (κ1) is 28.6. The van der Waals surface area contributed by atoms with E-state index in [0.29, 0.717) is 11.5 Å². The van der Waals surface area contributed by atoms with Gasteiger partial charge >= 0.3 is 6.09 Å². The summed E-state index contributed by atoms with van der Waals surface area (Å²) in [6, 6.07) is 3.45. The van der Waals surface area contributed by atoms with Gasteiger partial charge in [0.1, 0.15) is 35.8 Å². The lowest BCUT2D eigenvalue weighted by atomic mass is 9.89. The normalized spacial score (nSPS) is 23.6. The maximum Gasteiger partial charge on any atom is 0.407 e. The van der Waals surface area contributed by atoms with Crippen LogP contribution in [0.1, 0.15) is 50.8 Å². The lowest BCUT2D eigenvalue weighted by Crippen LogP contribution is -2.58. The number of aliphatic hydroxyl groups excluding tert-OH is 2. The molecule has 39 heavy (non-hydrogen) atoms. The molecule has 1 aromatic carbocycles. The van der Waals surface area contributed by atoms with E-state index < -0.39 is 54.8 Å². The van der Waals surface area contributed by atoms with Crippen molar-refractivity contribution in [3.63, 3.8) is 0 Å². The molecule has 212 valence electrons. The van der Waals surface area contributed by atoms with Gasteiger partial charge in [0.05, 0.1) is 18.5 Å². The number of rotatable bonds is 7. The summed E-state index contributed by atoms with van der Waals surface area (Å²) < 4.78 is 47.3. The zero-order chi connectivity index (χ0) is 28.5. The maximum absolute atomic E-state index is 14.7. The van der Waals surface area contributed by atoms with Gasteiger partial charge in [-0.25, -0.2) is 18.3 Å². The van der Waals surface area contributed by atoms with Crippen LogP contribution in [0.2, 0.25) is 0 Å². The van der Waals surface area contributed by atoms with Crippen molar-refractivity contribution in [1.29, 1.82) is 0 Å². The van der Waals surface area contributed by atoms with Gasteiger partial charge in [0.15, 0.2) is 17.7 Å². The van der Waals surface area contributed by atoms with Crippen molar-refractivity contribution in [2.24, 2.45) is 0 Å². The van der Waals surface area contributed by atoms with Crippen molar-refractivity contribution in [2.45, 2.75) is 76.9 Å². The van der Waals surface area contributed by atoms with Gasteiger partial charge in [0, 0.05) is 30.0 Å². The van der Waals surface area contributed by atoms with E-state index in [-0.39, 0.29) is 35.2 Å². The fraction of sp³-hybridized carbons (Fsp3) is 0.538. The van der Waals surface area contributed by atoms with E-state index in [1.54, 1.807) is 13.0 Å². The minimum Gasteiger partial charge on any atom is -0.441 e. The molecule has 4 rings (SSSR count). The van der Waals surface area contributed by atoms with E-state index in [9.17, 15) is 23.8 Å². The lowest BCUT2D eigenvalue weighted by molar-refractivity contribution is -0.205. The van der Waals surface area contributed by atoms with Crippen molar-refractivity contribution in [3.05, 3.63) is 53.0 Å². The van der Waals surface area contributed by atoms with E-state index >= 15 is 0 Å². The molecule has 0 aliphatic carbocycles. The third-order valence-corrected chi connectivity index (χ3v) is 6.62. The van der Waals surface area contributed by atoms with Crippen molar-refractivity contribution in [3.8, 4) is 11.3 Å². The number of alkyl carbamates (subject to hydrolysis) is 1. The third-order valence-electron chi connectivity index (χ3n) is 6.62. The minimum atomic E-state index is -1.40. The number of nitrogens with zero attached hydrogens (tertiary/aromatic N) is 4. The Morgan fingerprint density at radius 2 is 1.97 bits per heavy atom. The van der Waals surface area contributed by atoms with Gasteiger partial charge in [-0.05, 0) is 25.5 Å². The average molecular weight is 550 g/mol. The number of amides is 1. The summed E-state index contributed by atoms with van der Waals surface area (Å²) in [6.07, 6.45) is -3.90. The van der Waals surface area contributed by atoms with Crippen molar-refractivity contribution >= 4 is 6.09 Å². The molecule has 0 spiro atoms. The first-order valence-corrected chi connectivity index (χ1v) is 12.7. The molecule has 3 N–H and O–H groups in total. The van der Waals surface area contributed by atoms with Crippen molar-refractivity contribution in [2.75, 3.05) is 13.2 Å². The quantitative estimate of drug-likeness (QED) is 0.405. The summed E-state index contributed by atoms with van der Waals surface area (Å²) in [4.78, 5) is 12.5. The smallest absolute Gasteiger partial charge is 0.407 e. The number of hydrogen-bond acceptors (Lipinski definition) is 9. The highest BCUT2D eigenvalue weighted by Gasteiger charge is 2.49. The molecule has 13 heteroatoms. The largest absolute Gasteiger partial charge is 0.441 e. The van der Waals surface area contributed by atoms with E-state index in [0.717, 1.165) is 0 Å². The first-order valence-electron chi connectivity index (χ1n) is 12.7. The summed E-state index contributed by atoms with van der Waals surface area (Å²) in [6.45, 7) is 8.82. The monoisotopic (exact) mass is 549 g/mol. The number of aryl methyl sites for hydroxylation is 1. The number of aliphatic hydroxyl groups is 2. The molecule has 1 aliphatic rings. The first-order chi connectivity index (χ1) is 18.4. The van der Waals surface area contributed by atoms with Gasteiger partial charge in [0.25, 0.3) is 0 Å². The highest BCUT2D eigenvalue weighted by molar-refractivity contribution is 5.67. The highest BCUT2D eigenvalue weighted by atomic mass is 19.2. The van der Waals surface area contributed by atoms with Gasteiger partial charge in [-0.15, -0.1) is 5.10 Å². The Labute approximate surface area is 224 Å². The molecular weight excluding hydrogens is 516 g/mol. The summed E-state index contributed by atoms with van der Waals surface area (Å²) in [5.74, 6) is -1.65. The molecule has 3 aromatic rings. The molecule has 1 amide bonds. The van der Waals surface area contributed by atoms with Crippen LogP contribution >= 0.6 is 0 Å². The van der Waals surface area contributed by atoms with Gasteiger partial charge < -0.3 is 29.5 Å². The molecule has 0 radical (unpaired) electrons. The van der Waals surface area contributed by atoms with Crippen LogP contribution in [0.4, 0.5) is 13.6 Å². The van der Waals surface area contributed by atoms with Crippen LogP contribution in [-0.4, -0.2) is 74.0 Å². The standard InChI is InChI=1S/C26H33F2N5O6/c1-6-29-25(36)38-24-17(9-14-10-19(31-39-14)26(3,4)5)37-18(12-34)23(35)22(24)33-11-16(30-32-33)15-8-7-13(2)20(27)21(15)28/h7-8,10-11,17-18,22-24,34-35H,6,9,12H2,1-5H3,(H,29,36). The molecule has 11 nitrogen and oxygen atoms in total. The van der Waals surface area contributed by atoms with Crippen LogP contribution in [0, 0.1) is 18.6 Å². The number of carbonyl (C=O) groups is 1. The number of halogens is 2. The van der Waals surface area contributed by atoms with Gasteiger partial charge in [-0.1, -0.05) is 37.2 Å². The van der Waals surface area contributed by atoms with Gasteiger partial charge in [0.2, 0.25) is 0 Å². The Kier molecular flexibility index (Phi) is 8.33. The van der Waals surface area contributed by atoms with Crippen LogP contribution in [0.15, 0.2) is 28.9 Å². The third kappa shape index (κ3) is 5.94. The summed E-state index contributed by atoms with van der Waals surface area (Å²) >= 11 is 0. The fourth-order valence-electron chi connectivity index (χ4n) is 4.44. The number of ether oxygens (including phenoxy) is 2. The molecule has 5 atom stereocenters. The molecule has 1 saturated heterocycles. The molecule has 0 bridgehead atoms. The summed E-state index contributed by atoms with van der Waals surface area (Å²) in [5, 5.41) is 35.8. The van der Waals surface area contributed by atoms with E-state index in [1.165, 1.54) is 29.9 Å². The minimum absolute atomic E-state index is 0.00371. The average Bonchev–Trinajstić information content (AvgIpc) is 3.55. The number of carbonyl (C=O) groups excluding carboxylic acids is 1. The van der Waals surface area contributed by atoms with Crippen LogP contribution in [0.25, 0.3) is 11.3 Å². The Morgan fingerprint density at radius 1 is 1.23 bits per heavy atom. The molecule has 1 fully saturated rings. The predicted molar refractivity (Wildman–Crippen MR) is 134 cm³/mol. The van der Waals surface area contributed by atoms with Gasteiger partial charge in [-0.2, -0.15) is 0 Å². The van der Waals surface area contributed by atoms with Crippen LogP contribution < -0.4 is 5.32 Å². The summed E-state index contributed by atoms with van der Waals surface area (Å²) in [5.41, 5.74) is 0.440. The molecule has 3 heterocycles. The highest BCUT2D eigenvalue weighted by Crippen LogP contribution is 2.35. The van der Waals surface area contributed by atoms with Gasteiger partial charge in [-0.3, -0.25) is 0 Å². The Bertz CT molecular complexity index is 1310. The number of hydrogen-bond donors (Lipinski definition) is 3. The second-order valence-corrected chi connectivity index (χ2v) is 10.6. The summed E-state index contributed by atoms with van der Waals surface area (Å²) in [7, 11) is 0.